The van der Waals surface area contributed by atoms with Crippen LogP contribution in [-0.2, 0) is 21.4 Å². The Morgan fingerprint density at radius 1 is 1.11 bits per heavy atom. The third-order valence-corrected chi connectivity index (χ3v) is 5.98. The van der Waals surface area contributed by atoms with Crippen LogP contribution in [0.25, 0.3) is 0 Å². The first-order valence-corrected chi connectivity index (χ1v) is 10.7. The number of aryl methyl sites for hydroxylation is 2. The van der Waals surface area contributed by atoms with Gasteiger partial charge in [0.25, 0.3) is 0 Å². The number of carbonyl (C=O) groups excluding carboxylic acids is 1. The number of rotatable bonds is 6. The maximum Gasteiger partial charge on any atom is 0.243 e. The second kappa shape index (κ2) is 7.71. The van der Waals surface area contributed by atoms with E-state index in [9.17, 15) is 13.2 Å². The van der Waals surface area contributed by atoms with Gasteiger partial charge >= 0.3 is 0 Å². The topological polar surface area (TPSA) is 84.9 Å². The van der Waals surface area contributed by atoms with E-state index in [0.29, 0.717) is 17.2 Å². The van der Waals surface area contributed by atoms with Gasteiger partial charge in [-0.15, -0.1) is 0 Å². The van der Waals surface area contributed by atoms with Crippen molar-refractivity contribution in [1.29, 1.82) is 0 Å². The predicted octanol–water partition coefficient (Wildman–Crippen LogP) is 2.50. The molecule has 0 saturated carbocycles. The zero-order chi connectivity index (χ0) is 20.5. The van der Waals surface area contributed by atoms with Crippen molar-refractivity contribution in [2.75, 3.05) is 17.4 Å². The monoisotopic (exact) mass is 404 g/mol. The molecule has 0 radical (unpaired) electrons. The largest absolute Gasteiger partial charge is 0.454 e. The molecular formula is C20H24N2O5S. The van der Waals surface area contributed by atoms with Crippen molar-refractivity contribution in [2.24, 2.45) is 0 Å². The standard InChI is InChI=1S/C20H24N2O5S/c1-13-5-7-17(9-14(13)2)22(28(4,24)25)15(3)20(23)21-11-16-6-8-18-19(10-16)27-12-26-18/h5-10,15H,11-12H2,1-4H3,(H,21,23)/t15-/m1/s1. The van der Waals surface area contributed by atoms with Crippen molar-refractivity contribution in [3.8, 4) is 11.5 Å². The molecule has 0 fully saturated rings. The van der Waals surface area contributed by atoms with Crippen LogP contribution in [0.4, 0.5) is 5.69 Å². The lowest BCUT2D eigenvalue weighted by Gasteiger charge is -2.28. The van der Waals surface area contributed by atoms with Gasteiger partial charge in [0, 0.05) is 6.54 Å². The van der Waals surface area contributed by atoms with E-state index in [1.165, 1.54) is 0 Å². The van der Waals surface area contributed by atoms with Crippen molar-refractivity contribution in [3.05, 3.63) is 53.1 Å². The summed E-state index contributed by atoms with van der Waals surface area (Å²) in [5.41, 5.74) is 3.31. The van der Waals surface area contributed by atoms with E-state index >= 15 is 0 Å². The van der Waals surface area contributed by atoms with Crippen LogP contribution in [0, 0.1) is 13.8 Å². The summed E-state index contributed by atoms with van der Waals surface area (Å²) in [5.74, 6) is 0.912. The number of carbonyl (C=O) groups is 1. The van der Waals surface area contributed by atoms with Crippen LogP contribution < -0.4 is 19.1 Å². The fourth-order valence-electron chi connectivity index (χ4n) is 3.06. The van der Waals surface area contributed by atoms with Gasteiger partial charge in [-0.3, -0.25) is 9.10 Å². The summed E-state index contributed by atoms with van der Waals surface area (Å²) < 4.78 is 36.5. The zero-order valence-electron chi connectivity index (χ0n) is 16.4. The molecule has 1 aliphatic heterocycles. The van der Waals surface area contributed by atoms with Crippen molar-refractivity contribution < 1.29 is 22.7 Å². The first-order chi connectivity index (χ1) is 13.2. The highest BCUT2D eigenvalue weighted by molar-refractivity contribution is 7.92. The lowest BCUT2D eigenvalue weighted by molar-refractivity contribution is -0.122. The summed E-state index contributed by atoms with van der Waals surface area (Å²) in [4.78, 5) is 12.7. The number of sulfonamides is 1. The number of benzene rings is 2. The van der Waals surface area contributed by atoms with Gasteiger partial charge in [0.1, 0.15) is 6.04 Å². The molecule has 1 atom stereocenters. The number of nitrogens with one attached hydrogen (secondary N) is 1. The van der Waals surface area contributed by atoms with Gasteiger partial charge in [0.05, 0.1) is 11.9 Å². The van der Waals surface area contributed by atoms with Crippen LogP contribution >= 0.6 is 0 Å². The zero-order valence-corrected chi connectivity index (χ0v) is 17.2. The quantitative estimate of drug-likeness (QED) is 0.800. The van der Waals surface area contributed by atoms with Crippen LogP contribution in [0.15, 0.2) is 36.4 Å². The Labute approximate surface area is 165 Å². The summed E-state index contributed by atoms with van der Waals surface area (Å²) in [7, 11) is -3.65. The molecule has 0 aliphatic carbocycles. The predicted molar refractivity (Wildman–Crippen MR) is 107 cm³/mol. The summed E-state index contributed by atoms with van der Waals surface area (Å²) in [6.45, 7) is 5.87. The normalized spacial score (nSPS) is 13.9. The van der Waals surface area contributed by atoms with Crippen LogP contribution in [-0.4, -0.2) is 33.4 Å². The Bertz CT molecular complexity index is 1000. The molecule has 0 saturated heterocycles. The Balaban J connectivity index is 1.75. The fourth-order valence-corrected chi connectivity index (χ4v) is 4.23. The second-order valence-corrected chi connectivity index (χ2v) is 8.77. The van der Waals surface area contributed by atoms with Crippen LogP contribution in [0.5, 0.6) is 11.5 Å². The number of hydrogen-bond acceptors (Lipinski definition) is 5. The van der Waals surface area contributed by atoms with Gasteiger partial charge in [-0.2, -0.15) is 0 Å². The lowest BCUT2D eigenvalue weighted by atomic mass is 10.1. The summed E-state index contributed by atoms with van der Waals surface area (Å²) in [5, 5.41) is 2.80. The maximum atomic E-state index is 12.7. The molecule has 7 nitrogen and oxygen atoms in total. The van der Waals surface area contributed by atoms with Crippen molar-refractivity contribution in [1.82, 2.24) is 5.32 Å². The van der Waals surface area contributed by atoms with Crippen molar-refractivity contribution >= 4 is 21.6 Å². The van der Waals surface area contributed by atoms with Crippen molar-refractivity contribution in [2.45, 2.75) is 33.4 Å². The molecule has 28 heavy (non-hydrogen) atoms. The number of fused-ring (bicyclic) bond motifs is 1. The summed E-state index contributed by atoms with van der Waals surface area (Å²) in [6, 6.07) is 9.85. The van der Waals surface area contributed by atoms with E-state index < -0.39 is 16.1 Å². The van der Waals surface area contributed by atoms with Gasteiger partial charge < -0.3 is 14.8 Å². The lowest BCUT2D eigenvalue weighted by Crippen LogP contribution is -2.47. The van der Waals surface area contributed by atoms with E-state index in [4.69, 9.17) is 9.47 Å². The molecule has 2 aromatic rings. The van der Waals surface area contributed by atoms with Gasteiger partial charge in [-0.1, -0.05) is 12.1 Å². The molecule has 1 heterocycles. The first-order valence-electron chi connectivity index (χ1n) is 8.89. The molecule has 2 aromatic carbocycles. The highest BCUT2D eigenvalue weighted by Gasteiger charge is 2.29. The number of nitrogens with zero attached hydrogens (tertiary/aromatic N) is 1. The van der Waals surface area contributed by atoms with E-state index in [2.05, 4.69) is 5.32 Å². The summed E-state index contributed by atoms with van der Waals surface area (Å²) in [6.07, 6.45) is 1.10. The SMILES string of the molecule is Cc1ccc(N([C@H](C)C(=O)NCc2ccc3c(c2)OCO3)S(C)(=O)=O)cc1C. The van der Waals surface area contributed by atoms with Crippen molar-refractivity contribution in [3.63, 3.8) is 0 Å². The van der Waals surface area contributed by atoms with Crippen LogP contribution in [0.3, 0.4) is 0 Å². The van der Waals surface area contributed by atoms with Gasteiger partial charge in [0.2, 0.25) is 22.7 Å². The van der Waals surface area contributed by atoms with E-state index in [1.807, 2.05) is 26.0 Å². The molecule has 0 aromatic heterocycles. The third kappa shape index (κ3) is 4.22. The molecular weight excluding hydrogens is 380 g/mol. The second-order valence-electron chi connectivity index (χ2n) is 6.91. The molecule has 0 bridgehead atoms. The van der Waals surface area contributed by atoms with E-state index in [0.717, 1.165) is 27.3 Å². The molecule has 1 amide bonds. The minimum absolute atomic E-state index is 0.182. The molecule has 3 rings (SSSR count). The van der Waals surface area contributed by atoms with E-state index in [-0.39, 0.29) is 19.2 Å². The Morgan fingerprint density at radius 2 is 1.82 bits per heavy atom. The Morgan fingerprint density at radius 3 is 2.50 bits per heavy atom. The minimum Gasteiger partial charge on any atom is -0.454 e. The highest BCUT2D eigenvalue weighted by Crippen LogP contribution is 2.32. The van der Waals surface area contributed by atoms with Gasteiger partial charge in [-0.05, 0) is 61.7 Å². The molecule has 8 heteroatoms. The molecule has 0 spiro atoms. The molecule has 0 unspecified atom stereocenters. The van der Waals surface area contributed by atoms with Crippen LogP contribution in [0.1, 0.15) is 23.6 Å². The summed E-state index contributed by atoms with van der Waals surface area (Å²) >= 11 is 0. The average Bonchev–Trinajstić information content (AvgIpc) is 3.09. The molecule has 150 valence electrons. The third-order valence-electron chi connectivity index (χ3n) is 4.74. The van der Waals surface area contributed by atoms with Crippen LogP contribution in [0.2, 0.25) is 0 Å². The average molecular weight is 404 g/mol. The molecule has 1 aliphatic rings. The minimum atomic E-state index is -3.65. The molecule has 1 N–H and O–H groups in total. The number of anilines is 1. The number of amides is 1. The number of hydrogen-bond donors (Lipinski definition) is 1. The Hall–Kier alpha value is -2.74. The maximum absolute atomic E-state index is 12.7. The van der Waals surface area contributed by atoms with Gasteiger partial charge in [-0.25, -0.2) is 8.42 Å². The Kier molecular flexibility index (Phi) is 5.51. The smallest absolute Gasteiger partial charge is 0.243 e. The van der Waals surface area contributed by atoms with E-state index in [1.54, 1.807) is 31.2 Å². The number of ether oxygens (including phenoxy) is 2. The highest BCUT2D eigenvalue weighted by atomic mass is 32.2. The first kappa shape index (κ1) is 20.0. The van der Waals surface area contributed by atoms with Gasteiger partial charge in [0.15, 0.2) is 11.5 Å². The fraction of sp³-hybridized carbons (Fsp3) is 0.350.